The van der Waals surface area contributed by atoms with Crippen LogP contribution < -0.4 is 0 Å². The summed E-state index contributed by atoms with van der Waals surface area (Å²) in [6, 6.07) is 91.0. The molecule has 0 aliphatic carbocycles. The van der Waals surface area contributed by atoms with Gasteiger partial charge < -0.3 is 9.13 Å². The molecule has 72 heavy (non-hydrogen) atoms. The van der Waals surface area contributed by atoms with Gasteiger partial charge in [0.2, 0.25) is 0 Å². The Labute approximate surface area is 418 Å². The van der Waals surface area contributed by atoms with Gasteiger partial charge in [-0.3, -0.25) is 0 Å². The van der Waals surface area contributed by atoms with Gasteiger partial charge in [-0.15, -0.1) is 0 Å². The van der Waals surface area contributed by atoms with Gasteiger partial charge in [0.05, 0.1) is 56.6 Å². The van der Waals surface area contributed by atoms with Crippen molar-refractivity contribution in [2.75, 3.05) is 0 Å². The number of aromatic nitrogens is 6. The second-order valence-corrected chi connectivity index (χ2v) is 18.6. The van der Waals surface area contributed by atoms with E-state index in [9.17, 15) is 0 Å². The molecule has 0 saturated carbocycles. The first kappa shape index (κ1) is 42.6. The van der Waals surface area contributed by atoms with E-state index in [1.165, 1.54) is 11.1 Å². The van der Waals surface area contributed by atoms with Gasteiger partial charge >= 0.3 is 0 Å². The first-order valence-electron chi connectivity index (χ1n) is 24.5. The van der Waals surface area contributed by atoms with Crippen molar-refractivity contribution >= 4 is 21.8 Å². The summed E-state index contributed by atoms with van der Waals surface area (Å²) in [6.07, 6.45) is 0. The van der Waals surface area contributed by atoms with E-state index < -0.39 is 0 Å². The molecule has 0 unspecified atom stereocenters. The fourth-order valence-corrected chi connectivity index (χ4v) is 10.1. The van der Waals surface area contributed by atoms with Crippen LogP contribution in [0.2, 0.25) is 0 Å². The van der Waals surface area contributed by atoms with Crippen LogP contribution in [-0.2, 0) is 0 Å². The molecule has 6 heteroatoms. The third-order valence-electron chi connectivity index (χ3n) is 13.8. The van der Waals surface area contributed by atoms with Crippen LogP contribution in [0.3, 0.4) is 0 Å². The quantitative estimate of drug-likeness (QED) is 0.137. The summed E-state index contributed by atoms with van der Waals surface area (Å²) in [4.78, 5) is 0. The number of rotatable bonds is 10. The molecular formula is C66H48N6. The summed E-state index contributed by atoms with van der Waals surface area (Å²) in [5.41, 5.74) is 21.7. The highest BCUT2D eigenvalue weighted by Crippen LogP contribution is 2.40. The fraction of sp³-hybridized carbons (Fsp3) is 0.0303. The van der Waals surface area contributed by atoms with Crippen LogP contribution in [0, 0.1) is 13.8 Å². The number of hydrogen-bond donors (Lipinski definition) is 0. The Morgan fingerprint density at radius 1 is 0.264 bits per heavy atom. The van der Waals surface area contributed by atoms with Crippen LogP contribution in [0.15, 0.2) is 255 Å². The molecule has 9 aromatic carbocycles. The number of nitrogens with zero attached hydrogens (tertiary/aromatic N) is 6. The Hall–Kier alpha value is -9.52. The largest absolute Gasteiger partial charge is 0.309 e. The van der Waals surface area contributed by atoms with Gasteiger partial charge in [-0.05, 0) is 110 Å². The van der Waals surface area contributed by atoms with E-state index in [1.807, 2.05) is 12.1 Å². The van der Waals surface area contributed by atoms with Crippen molar-refractivity contribution in [2.45, 2.75) is 13.8 Å². The van der Waals surface area contributed by atoms with Gasteiger partial charge in [-0.2, -0.15) is 10.2 Å². The molecule has 0 atom stereocenters. The van der Waals surface area contributed by atoms with Crippen LogP contribution in [-0.4, -0.2) is 28.7 Å². The molecule has 0 saturated heterocycles. The zero-order chi connectivity index (χ0) is 48.1. The molecule has 13 aromatic rings. The molecule has 6 nitrogen and oxygen atoms in total. The predicted molar refractivity (Wildman–Crippen MR) is 296 cm³/mol. The van der Waals surface area contributed by atoms with Gasteiger partial charge in [-0.1, -0.05) is 181 Å². The third kappa shape index (κ3) is 7.72. The van der Waals surface area contributed by atoms with Crippen molar-refractivity contribution in [3.8, 4) is 90.3 Å². The van der Waals surface area contributed by atoms with Crippen LogP contribution in [0.4, 0.5) is 0 Å². The Bertz CT molecular complexity index is 3760. The Morgan fingerprint density at radius 3 is 0.917 bits per heavy atom. The second-order valence-electron chi connectivity index (χ2n) is 18.6. The number of benzene rings is 9. The lowest BCUT2D eigenvalue weighted by Gasteiger charge is -2.14. The molecule has 0 spiro atoms. The molecule has 0 bridgehead atoms. The van der Waals surface area contributed by atoms with Gasteiger partial charge in [0.25, 0.3) is 0 Å². The minimum atomic E-state index is 0.932. The fourth-order valence-electron chi connectivity index (χ4n) is 10.1. The maximum Gasteiger partial charge on any atom is 0.0934 e. The Morgan fingerprint density at radius 2 is 0.569 bits per heavy atom. The molecule has 4 aromatic heterocycles. The van der Waals surface area contributed by atoms with Crippen molar-refractivity contribution in [3.05, 3.63) is 266 Å². The van der Waals surface area contributed by atoms with Crippen molar-refractivity contribution in [2.24, 2.45) is 0 Å². The van der Waals surface area contributed by atoms with E-state index >= 15 is 0 Å². The Kier molecular flexibility index (Phi) is 10.5. The highest BCUT2D eigenvalue weighted by atomic mass is 15.3. The monoisotopic (exact) mass is 924 g/mol. The average molecular weight is 925 g/mol. The summed E-state index contributed by atoms with van der Waals surface area (Å²) in [5, 5.41) is 12.7. The normalized spacial score (nSPS) is 11.5. The number of fused-ring (bicyclic) bond motifs is 2. The van der Waals surface area contributed by atoms with E-state index in [0.29, 0.717) is 0 Å². The lowest BCUT2D eigenvalue weighted by Crippen LogP contribution is -2.02. The van der Waals surface area contributed by atoms with Gasteiger partial charge in [0.15, 0.2) is 0 Å². The SMILES string of the molecule is Cc1ccc(-c2cc3cc4c(cc(-c5ccc(C)cc5)n4-c4ccc(-n5nc(-c6ccccc6)cc5-c5ccccc5)cc4)cc3n2-c2ccc(-n3nc(-c4ccccc4)cc3-c3ccccc3)cc2)cc1. The third-order valence-corrected chi connectivity index (χ3v) is 13.8. The molecule has 13 rings (SSSR count). The zero-order valence-electron chi connectivity index (χ0n) is 39.9. The molecule has 0 radical (unpaired) electrons. The maximum atomic E-state index is 5.19. The van der Waals surface area contributed by atoms with Gasteiger partial charge in [-0.25, -0.2) is 9.36 Å². The van der Waals surface area contributed by atoms with Crippen molar-refractivity contribution in [1.29, 1.82) is 0 Å². The summed E-state index contributed by atoms with van der Waals surface area (Å²) in [6.45, 7) is 4.28. The molecular weight excluding hydrogens is 877 g/mol. The molecule has 0 N–H and O–H groups in total. The van der Waals surface area contributed by atoms with Gasteiger partial charge in [0, 0.05) is 44.4 Å². The number of aryl methyl sites for hydroxylation is 2. The zero-order valence-corrected chi connectivity index (χ0v) is 39.9. The summed E-state index contributed by atoms with van der Waals surface area (Å²) < 4.78 is 8.96. The highest BCUT2D eigenvalue weighted by molar-refractivity contribution is 6.02. The smallest absolute Gasteiger partial charge is 0.0934 e. The van der Waals surface area contributed by atoms with E-state index in [1.54, 1.807) is 0 Å². The minimum Gasteiger partial charge on any atom is -0.309 e. The predicted octanol–water partition coefficient (Wildman–Crippen LogP) is 16.6. The topological polar surface area (TPSA) is 45.5 Å². The van der Waals surface area contributed by atoms with E-state index in [4.69, 9.17) is 10.2 Å². The van der Waals surface area contributed by atoms with E-state index in [-0.39, 0.29) is 0 Å². The van der Waals surface area contributed by atoms with E-state index in [0.717, 1.165) is 112 Å². The average Bonchev–Trinajstić information content (AvgIpc) is 4.26. The standard InChI is InChI=1S/C66H48N6/c1-45-23-27-51(28-24-45)61-39-53-41-64-54(42-63(53)69(61)55-31-35-57(36-32-55)71-65(49-19-11-5-12-20-49)43-59(67-71)47-15-7-3-8-16-47)40-62(52-29-25-46(2)26-30-52)70(64)56-33-37-58(38-34-56)72-66(50-21-13-6-14-22-50)44-60(68-72)48-17-9-4-10-18-48/h3-44H,1-2H3. The Balaban J connectivity index is 0.953. The van der Waals surface area contributed by atoms with Crippen molar-refractivity contribution < 1.29 is 0 Å². The van der Waals surface area contributed by atoms with Crippen LogP contribution in [0.5, 0.6) is 0 Å². The maximum absolute atomic E-state index is 5.19. The molecule has 0 fully saturated rings. The highest BCUT2D eigenvalue weighted by Gasteiger charge is 2.21. The van der Waals surface area contributed by atoms with Crippen molar-refractivity contribution in [1.82, 2.24) is 28.7 Å². The molecule has 342 valence electrons. The lowest BCUT2D eigenvalue weighted by atomic mass is 10.1. The summed E-state index contributed by atoms with van der Waals surface area (Å²) >= 11 is 0. The number of hydrogen-bond acceptors (Lipinski definition) is 2. The molecule has 0 amide bonds. The first-order chi connectivity index (χ1) is 35.5. The summed E-state index contributed by atoms with van der Waals surface area (Å²) in [7, 11) is 0. The minimum absolute atomic E-state index is 0.932. The lowest BCUT2D eigenvalue weighted by molar-refractivity contribution is 0.891. The molecule has 0 aliphatic heterocycles. The van der Waals surface area contributed by atoms with Crippen LogP contribution >= 0.6 is 0 Å². The second kappa shape index (κ2) is 17.8. The van der Waals surface area contributed by atoms with Gasteiger partial charge in [0.1, 0.15) is 0 Å². The van der Waals surface area contributed by atoms with E-state index in [2.05, 4.69) is 275 Å². The first-order valence-corrected chi connectivity index (χ1v) is 24.5. The van der Waals surface area contributed by atoms with Crippen LogP contribution in [0.25, 0.3) is 112 Å². The summed E-state index contributed by atoms with van der Waals surface area (Å²) in [5.74, 6) is 0. The van der Waals surface area contributed by atoms with Crippen LogP contribution in [0.1, 0.15) is 11.1 Å². The van der Waals surface area contributed by atoms with Crippen molar-refractivity contribution in [3.63, 3.8) is 0 Å². The molecule has 0 aliphatic rings. The molecule has 4 heterocycles.